The molecule has 3 nitrogen and oxygen atoms in total. The van der Waals surface area contributed by atoms with Crippen molar-refractivity contribution in [3.63, 3.8) is 0 Å². The van der Waals surface area contributed by atoms with Gasteiger partial charge in [-0.15, -0.1) is 0 Å². The maximum absolute atomic E-state index is 11.2. The lowest BCUT2D eigenvalue weighted by atomic mass is 10.3. The summed E-state index contributed by atoms with van der Waals surface area (Å²) in [6.45, 7) is 3.68. The van der Waals surface area contributed by atoms with E-state index in [0.29, 0.717) is 16.5 Å². The number of H-pyrrole nitrogens is 1. The second-order valence-electron chi connectivity index (χ2n) is 2.68. The molecule has 0 radical (unpaired) electrons. The molecule has 0 saturated heterocycles. The zero-order valence-electron chi connectivity index (χ0n) is 7.15. The maximum Gasteiger partial charge on any atom is 0.255 e. The number of halogens is 1. The highest BCUT2D eigenvalue weighted by atomic mass is 35.5. The predicted octanol–water partition coefficient (Wildman–Crippen LogP) is 1.68. The Morgan fingerprint density at radius 2 is 2.25 bits per heavy atom. The van der Waals surface area contributed by atoms with Gasteiger partial charge in [-0.05, 0) is 13.3 Å². The summed E-state index contributed by atoms with van der Waals surface area (Å²) < 4.78 is 0. The third-order valence-electron chi connectivity index (χ3n) is 1.63. The highest BCUT2D eigenvalue weighted by molar-refractivity contribution is 6.30. The number of rotatable bonds is 2. The van der Waals surface area contributed by atoms with E-state index in [-0.39, 0.29) is 5.56 Å². The van der Waals surface area contributed by atoms with Crippen molar-refractivity contribution in [2.75, 3.05) is 0 Å². The summed E-state index contributed by atoms with van der Waals surface area (Å²) in [5.74, 6) is 0.665. The van der Waals surface area contributed by atoms with E-state index in [1.807, 2.05) is 6.92 Å². The Morgan fingerprint density at radius 3 is 2.75 bits per heavy atom. The van der Waals surface area contributed by atoms with Crippen LogP contribution in [0.3, 0.4) is 0 Å². The molecule has 66 valence electrons. The van der Waals surface area contributed by atoms with Gasteiger partial charge in [0, 0.05) is 6.42 Å². The molecule has 1 rings (SSSR count). The Bertz CT molecular complexity index is 332. The molecule has 0 saturated carbocycles. The quantitative estimate of drug-likeness (QED) is 0.715. The Kier molecular flexibility index (Phi) is 2.87. The van der Waals surface area contributed by atoms with Crippen LogP contribution >= 0.6 is 11.6 Å². The zero-order valence-corrected chi connectivity index (χ0v) is 7.90. The molecule has 0 aliphatic heterocycles. The molecular weight excluding hydrogens is 176 g/mol. The van der Waals surface area contributed by atoms with Crippen molar-refractivity contribution < 1.29 is 0 Å². The molecule has 0 fully saturated rings. The highest BCUT2D eigenvalue weighted by Gasteiger charge is 2.03. The van der Waals surface area contributed by atoms with Crippen molar-refractivity contribution in [3.05, 3.63) is 26.9 Å². The molecule has 0 aliphatic carbocycles. The second-order valence-corrected chi connectivity index (χ2v) is 3.04. The van der Waals surface area contributed by atoms with Crippen molar-refractivity contribution in [2.45, 2.75) is 26.7 Å². The van der Waals surface area contributed by atoms with Gasteiger partial charge in [0.2, 0.25) is 0 Å². The highest BCUT2D eigenvalue weighted by Crippen LogP contribution is 2.06. The Labute approximate surface area is 75.8 Å². The molecule has 0 unspecified atom stereocenters. The van der Waals surface area contributed by atoms with Crippen LogP contribution in [0.25, 0.3) is 0 Å². The van der Waals surface area contributed by atoms with Crippen molar-refractivity contribution in [2.24, 2.45) is 0 Å². The normalized spacial score (nSPS) is 10.2. The lowest BCUT2D eigenvalue weighted by molar-refractivity contribution is 0.820. The van der Waals surface area contributed by atoms with E-state index in [9.17, 15) is 4.79 Å². The first kappa shape index (κ1) is 9.26. The van der Waals surface area contributed by atoms with Gasteiger partial charge >= 0.3 is 0 Å². The van der Waals surface area contributed by atoms with E-state index in [1.165, 1.54) is 0 Å². The van der Waals surface area contributed by atoms with E-state index >= 15 is 0 Å². The fourth-order valence-electron chi connectivity index (χ4n) is 0.904. The average molecular weight is 187 g/mol. The molecule has 0 amide bonds. The molecule has 1 heterocycles. The van der Waals surface area contributed by atoms with E-state index < -0.39 is 0 Å². The Hall–Kier alpha value is -0.830. The first-order valence-electron chi connectivity index (χ1n) is 3.90. The molecule has 0 atom stereocenters. The summed E-state index contributed by atoms with van der Waals surface area (Å²) in [4.78, 5) is 17.9. The summed E-state index contributed by atoms with van der Waals surface area (Å²) in [5, 5.41) is 0.308. The van der Waals surface area contributed by atoms with E-state index in [2.05, 4.69) is 9.97 Å². The van der Waals surface area contributed by atoms with Crippen LogP contribution in [-0.2, 0) is 6.42 Å². The SMILES string of the molecule is CCCc1nc(Cl)c(C)c(=O)[nH]1. The van der Waals surface area contributed by atoms with Gasteiger partial charge < -0.3 is 4.98 Å². The fraction of sp³-hybridized carbons (Fsp3) is 0.500. The molecule has 4 heteroatoms. The molecule has 1 N–H and O–H groups in total. The number of aromatic nitrogens is 2. The predicted molar refractivity (Wildman–Crippen MR) is 48.6 cm³/mol. The third kappa shape index (κ3) is 1.85. The number of hydrogen-bond acceptors (Lipinski definition) is 2. The van der Waals surface area contributed by atoms with Crippen LogP contribution in [0.5, 0.6) is 0 Å². The molecular formula is C8H11ClN2O. The topological polar surface area (TPSA) is 45.8 Å². The third-order valence-corrected chi connectivity index (χ3v) is 2.00. The minimum Gasteiger partial charge on any atom is -0.310 e. The van der Waals surface area contributed by atoms with Gasteiger partial charge in [-0.3, -0.25) is 4.79 Å². The zero-order chi connectivity index (χ0) is 9.14. The van der Waals surface area contributed by atoms with Crippen LogP contribution < -0.4 is 5.56 Å². The minimum absolute atomic E-state index is 0.140. The van der Waals surface area contributed by atoms with E-state index in [4.69, 9.17) is 11.6 Å². The lowest BCUT2D eigenvalue weighted by Gasteiger charge is -2.00. The van der Waals surface area contributed by atoms with Crippen LogP contribution in [0.1, 0.15) is 24.7 Å². The molecule has 0 aromatic carbocycles. The average Bonchev–Trinajstić information content (AvgIpc) is 2.01. The Balaban J connectivity index is 3.13. The largest absolute Gasteiger partial charge is 0.310 e. The van der Waals surface area contributed by atoms with Gasteiger partial charge in [-0.1, -0.05) is 18.5 Å². The minimum atomic E-state index is -0.140. The molecule has 0 spiro atoms. The van der Waals surface area contributed by atoms with Crippen molar-refractivity contribution in [1.29, 1.82) is 0 Å². The number of hydrogen-bond donors (Lipinski definition) is 1. The number of nitrogens with one attached hydrogen (secondary N) is 1. The first-order valence-corrected chi connectivity index (χ1v) is 4.28. The standard InChI is InChI=1S/C8H11ClN2O/c1-3-4-6-10-7(9)5(2)8(12)11-6/h3-4H2,1-2H3,(H,10,11,12). The van der Waals surface area contributed by atoms with Crippen molar-refractivity contribution in [1.82, 2.24) is 9.97 Å². The smallest absolute Gasteiger partial charge is 0.255 e. The fourth-order valence-corrected chi connectivity index (χ4v) is 1.09. The number of aryl methyl sites for hydroxylation is 1. The van der Waals surface area contributed by atoms with Gasteiger partial charge in [0.05, 0.1) is 5.56 Å². The molecule has 12 heavy (non-hydrogen) atoms. The van der Waals surface area contributed by atoms with Gasteiger partial charge in [0.15, 0.2) is 0 Å². The second kappa shape index (κ2) is 3.72. The summed E-state index contributed by atoms with van der Waals surface area (Å²) in [6, 6.07) is 0. The first-order chi connectivity index (χ1) is 5.65. The van der Waals surface area contributed by atoms with Crippen LogP contribution in [0.4, 0.5) is 0 Å². The summed E-state index contributed by atoms with van der Waals surface area (Å²) in [6.07, 6.45) is 1.71. The summed E-state index contributed by atoms with van der Waals surface area (Å²) in [5.41, 5.74) is 0.343. The van der Waals surface area contributed by atoms with Gasteiger partial charge in [0.25, 0.3) is 5.56 Å². The maximum atomic E-state index is 11.2. The monoisotopic (exact) mass is 186 g/mol. The van der Waals surface area contributed by atoms with Crippen molar-refractivity contribution >= 4 is 11.6 Å². The van der Waals surface area contributed by atoms with Crippen LogP contribution in [-0.4, -0.2) is 9.97 Å². The van der Waals surface area contributed by atoms with E-state index in [1.54, 1.807) is 6.92 Å². The number of nitrogens with zero attached hydrogens (tertiary/aromatic N) is 1. The molecule has 0 bridgehead atoms. The van der Waals surface area contributed by atoms with E-state index in [0.717, 1.165) is 12.8 Å². The summed E-state index contributed by atoms with van der Waals surface area (Å²) in [7, 11) is 0. The van der Waals surface area contributed by atoms with Crippen LogP contribution in [0.2, 0.25) is 5.15 Å². The number of aromatic amines is 1. The molecule has 1 aromatic rings. The van der Waals surface area contributed by atoms with Crippen molar-refractivity contribution in [3.8, 4) is 0 Å². The van der Waals surface area contributed by atoms with Crippen LogP contribution in [0.15, 0.2) is 4.79 Å². The molecule has 1 aromatic heterocycles. The van der Waals surface area contributed by atoms with Gasteiger partial charge in [-0.25, -0.2) is 4.98 Å². The lowest BCUT2D eigenvalue weighted by Crippen LogP contribution is -2.14. The van der Waals surface area contributed by atoms with Gasteiger partial charge in [-0.2, -0.15) is 0 Å². The molecule has 0 aliphatic rings. The Morgan fingerprint density at radius 1 is 1.58 bits per heavy atom. The van der Waals surface area contributed by atoms with Gasteiger partial charge in [0.1, 0.15) is 11.0 Å². The van der Waals surface area contributed by atoms with Crippen LogP contribution in [0, 0.1) is 6.92 Å². The summed E-state index contributed by atoms with van der Waals surface area (Å²) >= 11 is 5.72.